The van der Waals surface area contributed by atoms with Crippen LogP contribution in [0.5, 0.6) is 0 Å². The highest BCUT2D eigenvalue weighted by Crippen LogP contribution is 2.27. The predicted molar refractivity (Wildman–Crippen MR) is 113 cm³/mol. The third-order valence-corrected chi connectivity index (χ3v) is 5.66. The molecule has 0 amide bonds. The van der Waals surface area contributed by atoms with E-state index in [1.807, 2.05) is 0 Å². The van der Waals surface area contributed by atoms with E-state index in [0.29, 0.717) is 0 Å². The van der Waals surface area contributed by atoms with Crippen molar-refractivity contribution in [1.29, 1.82) is 0 Å². The number of anilines is 1. The van der Waals surface area contributed by atoms with Crippen LogP contribution in [-0.4, -0.2) is 42.6 Å². The normalized spacial score (nSPS) is 15.5. The quantitative estimate of drug-likeness (QED) is 0.623. The van der Waals surface area contributed by atoms with Gasteiger partial charge in [0.1, 0.15) is 0 Å². The number of hydrogen-bond acceptors (Lipinski definition) is 3. The Morgan fingerprint density at radius 3 is 2.58 bits per heavy atom. The van der Waals surface area contributed by atoms with Gasteiger partial charge in [-0.3, -0.25) is 9.88 Å². The van der Waals surface area contributed by atoms with Gasteiger partial charge in [0, 0.05) is 54.0 Å². The third-order valence-electron chi connectivity index (χ3n) is 5.17. The van der Waals surface area contributed by atoms with E-state index in [0.717, 1.165) is 50.4 Å². The molecule has 0 atom stereocenters. The molecule has 2 heterocycles. The average molecular weight is 410 g/mol. The second-order valence-corrected chi connectivity index (χ2v) is 7.92. The van der Waals surface area contributed by atoms with Crippen LogP contribution in [0, 0.1) is 6.92 Å². The fourth-order valence-electron chi connectivity index (χ4n) is 3.71. The van der Waals surface area contributed by atoms with Crippen molar-refractivity contribution in [3.63, 3.8) is 0 Å². The van der Waals surface area contributed by atoms with Gasteiger partial charge in [0.2, 0.25) is 0 Å². The van der Waals surface area contributed by atoms with E-state index in [4.69, 9.17) is 0 Å². The van der Waals surface area contributed by atoms with Crippen molar-refractivity contribution in [3.8, 4) is 0 Å². The lowest BCUT2D eigenvalue weighted by atomic mass is 10.1. The molecule has 0 unspecified atom stereocenters. The smallest absolute Gasteiger partial charge is 0.0726 e. The molecule has 4 heteroatoms. The summed E-state index contributed by atoms with van der Waals surface area (Å²) in [4.78, 5) is 9.76. The number of rotatable bonds is 4. The predicted octanol–water partition coefficient (Wildman–Crippen LogP) is 4.67. The van der Waals surface area contributed by atoms with Gasteiger partial charge in [-0.1, -0.05) is 34.1 Å². The van der Waals surface area contributed by atoms with Gasteiger partial charge in [-0.25, -0.2) is 0 Å². The Labute approximate surface area is 163 Å². The van der Waals surface area contributed by atoms with Gasteiger partial charge in [-0.15, -0.1) is 0 Å². The van der Waals surface area contributed by atoms with E-state index in [1.54, 1.807) is 0 Å². The van der Waals surface area contributed by atoms with E-state index < -0.39 is 0 Å². The molecule has 4 rings (SSSR count). The number of nitrogens with zero attached hydrogens (tertiary/aromatic N) is 3. The van der Waals surface area contributed by atoms with Gasteiger partial charge in [0.05, 0.1) is 5.52 Å². The van der Waals surface area contributed by atoms with Gasteiger partial charge in [-0.2, -0.15) is 0 Å². The zero-order chi connectivity index (χ0) is 17.9. The van der Waals surface area contributed by atoms with Crippen LogP contribution in [0.1, 0.15) is 11.3 Å². The third kappa shape index (κ3) is 3.92. The van der Waals surface area contributed by atoms with Gasteiger partial charge in [-0.05, 0) is 55.3 Å². The van der Waals surface area contributed by atoms with Crippen LogP contribution in [-0.2, 0) is 6.42 Å². The second kappa shape index (κ2) is 7.77. The zero-order valence-electron chi connectivity index (χ0n) is 15.2. The van der Waals surface area contributed by atoms with Crippen LogP contribution in [0.4, 0.5) is 5.69 Å². The molecule has 0 bridgehead atoms. The highest BCUT2D eigenvalue weighted by atomic mass is 79.9. The Kier molecular flexibility index (Phi) is 5.23. The molecule has 0 N–H and O–H groups in total. The molecular formula is C22H24BrN3. The zero-order valence-corrected chi connectivity index (χ0v) is 16.7. The van der Waals surface area contributed by atoms with Crippen LogP contribution in [0.3, 0.4) is 0 Å². The molecule has 1 saturated heterocycles. The van der Waals surface area contributed by atoms with Crippen LogP contribution in [0.2, 0.25) is 0 Å². The van der Waals surface area contributed by atoms with Crippen molar-refractivity contribution in [2.75, 3.05) is 37.6 Å². The number of aryl methyl sites for hydroxylation is 1. The molecule has 0 saturated carbocycles. The molecule has 0 aliphatic carbocycles. The second-order valence-electron chi connectivity index (χ2n) is 7.01. The van der Waals surface area contributed by atoms with Crippen molar-refractivity contribution in [3.05, 3.63) is 70.3 Å². The first-order chi connectivity index (χ1) is 12.7. The summed E-state index contributed by atoms with van der Waals surface area (Å²) in [7, 11) is 0. The first kappa shape index (κ1) is 17.5. The topological polar surface area (TPSA) is 19.4 Å². The van der Waals surface area contributed by atoms with Gasteiger partial charge < -0.3 is 4.90 Å². The van der Waals surface area contributed by atoms with Crippen LogP contribution >= 0.6 is 15.9 Å². The lowest BCUT2D eigenvalue weighted by Crippen LogP contribution is -2.47. The number of benzene rings is 2. The summed E-state index contributed by atoms with van der Waals surface area (Å²) < 4.78 is 1.17. The van der Waals surface area contributed by atoms with Crippen LogP contribution < -0.4 is 4.90 Å². The largest absolute Gasteiger partial charge is 0.368 e. The molecule has 0 radical (unpaired) electrons. The summed E-state index contributed by atoms with van der Waals surface area (Å²) in [5.41, 5.74) is 4.89. The van der Waals surface area contributed by atoms with Crippen molar-refractivity contribution < 1.29 is 0 Å². The minimum absolute atomic E-state index is 1.07. The van der Waals surface area contributed by atoms with E-state index >= 15 is 0 Å². The monoisotopic (exact) mass is 409 g/mol. The van der Waals surface area contributed by atoms with Crippen molar-refractivity contribution in [1.82, 2.24) is 9.88 Å². The number of halogens is 1. The highest BCUT2D eigenvalue weighted by molar-refractivity contribution is 9.10. The van der Waals surface area contributed by atoms with E-state index in [1.165, 1.54) is 21.1 Å². The number of fused-ring (bicyclic) bond motifs is 1. The molecule has 1 aliphatic rings. The lowest BCUT2D eigenvalue weighted by molar-refractivity contribution is 0.261. The SMILES string of the molecule is Cc1ccc2c(N3CCN(CCc4cccc(Br)c4)CC3)cccc2n1. The molecular weight excluding hydrogens is 386 g/mol. The average Bonchev–Trinajstić information content (AvgIpc) is 2.66. The summed E-state index contributed by atoms with van der Waals surface area (Å²) >= 11 is 3.56. The summed E-state index contributed by atoms with van der Waals surface area (Å²) in [6.45, 7) is 7.56. The Bertz CT molecular complexity index is 901. The summed E-state index contributed by atoms with van der Waals surface area (Å²) in [5, 5.41) is 1.26. The molecule has 0 spiro atoms. The van der Waals surface area contributed by atoms with Gasteiger partial charge >= 0.3 is 0 Å². The fourth-order valence-corrected chi connectivity index (χ4v) is 4.16. The Hall–Kier alpha value is -1.91. The number of piperazine rings is 1. The Morgan fingerprint density at radius 1 is 0.962 bits per heavy atom. The van der Waals surface area contributed by atoms with E-state index in [2.05, 4.69) is 92.2 Å². The van der Waals surface area contributed by atoms with Crippen molar-refractivity contribution in [2.24, 2.45) is 0 Å². The maximum absolute atomic E-state index is 4.68. The molecule has 3 nitrogen and oxygen atoms in total. The van der Waals surface area contributed by atoms with Gasteiger partial charge in [0.25, 0.3) is 0 Å². The van der Waals surface area contributed by atoms with Gasteiger partial charge in [0.15, 0.2) is 0 Å². The summed E-state index contributed by atoms with van der Waals surface area (Å²) in [5.74, 6) is 0. The number of hydrogen-bond donors (Lipinski definition) is 0. The molecule has 2 aromatic carbocycles. The molecule has 1 aromatic heterocycles. The van der Waals surface area contributed by atoms with E-state index in [9.17, 15) is 0 Å². The highest BCUT2D eigenvalue weighted by Gasteiger charge is 2.18. The van der Waals surface area contributed by atoms with Crippen LogP contribution in [0.15, 0.2) is 59.1 Å². The minimum Gasteiger partial charge on any atom is -0.368 e. The first-order valence-corrected chi connectivity index (χ1v) is 10.1. The Morgan fingerprint density at radius 2 is 1.77 bits per heavy atom. The number of aromatic nitrogens is 1. The number of pyridine rings is 1. The molecule has 3 aromatic rings. The lowest BCUT2D eigenvalue weighted by Gasteiger charge is -2.36. The maximum Gasteiger partial charge on any atom is 0.0726 e. The van der Waals surface area contributed by atoms with E-state index in [-0.39, 0.29) is 0 Å². The van der Waals surface area contributed by atoms with Crippen molar-refractivity contribution in [2.45, 2.75) is 13.3 Å². The molecule has 26 heavy (non-hydrogen) atoms. The fraction of sp³-hybridized carbons (Fsp3) is 0.318. The van der Waals surface area contributed by atoms with Crippen LogP contribution in [0.25, 0.3) is 10.9 Å². The Balaban J connectivity index is 1.39. The van der Waals surface area contributed by atoms with Crippen molar-refractivity contribution >= 4 is 32.5 Å². The molecule has 134 valence electrons. The maximum atomic E-state index is 4.68. The standard InChI is InChI=1S/C22H24BrN3/c1-17-8-9-20-21(24-17)6-3-7-22(20)26-14-12-25(13-15-26)11-10-18-4-2-5-19(23)16-18/h2-9,16H,10-15H2,1H3. The minimum atomic E-state index is 1.07. The first-order valence-electron chi connectivity index (χ1n) is 9.27. The summed E-state index contributed by atoms with van der Waals surface area (Å²) in [6.07, 6.45) is 1.11. The summed E-state index contributed by atoms with van der Waals surface area (Å²) in [6, 6.07) is 19.4. The molecule has 1 fully saturated rings. The molecule has 1 aliphatic heterocycles.